The average Bonchev–Trinajstić information content (AvgIpc) is 2.83. The van der Waals surface area contributed by atoms with Gasteiger partial charge in [0.2, 0.25) is 0 Å². The molecule has 0 amide bonds. The number of aromatic carboxylic acids is 1. The molecule has 1 aliphatic rings. The van der Waals surface area contributed by atoms with E-state index in [1.165, 1.54) is 37.8 Å². The second-order valence-corrected chi connectivity index (χ2v) is 5.85. The Hall–Kier alpha value is -1.25. The molecule has 1 aromatic rings. The number of rotatable bonds is 5. The van der Waals surface area contributed by atoms with Crippen LogP contribution in [0.4, 0.5) is 0 Å². The van der Waals surface area contributed by atoms with E-state index in [0.29, 0.717) is 5.69 Å². The van der Waals surface area contributed by atoms with Gasteiger partial charge in [0.25, 0.3) is 0 Å². The van der Waals surface area contributed by atoms with Crippen LogP contribution in [-0.4, -0.2) is 15.6 Å². The van der Waals surface area contributed by atoms with E-state index in [2.05, 4.69) is 13.8 Å². The topological polar surface area (TPSA) is 42.2 Å². The molecule has 0 aliphatic heterocycles. The van der Waals surface area contributed by atoms with Gasteiger partial charge in [0.15, 0.2) is 0 Å². The zero-order chi connectivity index (χ0) is 13.8. The summed E-state index contributed by atoms with van der Waals surface area (Å²) in [5.74, 6) is -0.0664. The molecule has 1 N–H and O–H groups in total. The number of carboxylic acid groups (broad SMARTS) is 1. The monoisotopic (exact) mass is 263 g/mol. The smallest absolute Gasteiger partial charge is 0.352 e. The largest absolute Gasteiger partial charge is 0.477 e. The minimum atomic E-state index is -0.810. The van der Waals surface area contributed by atoms with Gasteiger partial charge < -0.3 is 9.67 Å². The van der Waals surface area contributed by atoms with Gasteiger partial charge in [0.1, 0.15) is 5.69 Å². The molecule has 3 nitrogen and oxygen atoms in total. The van der Waals surface area contributed by atoms with E-state index in [-0.39, 0.29) is 6.04 Å². The highest BCUT2D eigenvalue weighted by Crippen LogP contribution is 2.29. The number of carboxylic acids is 1. The molecule has 1 atom stereocenters. The summed E-state index contributed by atoms with van der Waals surface area (Å²) in [7, 11) is 0. The van der Waals surface area contributed by atoms with Crippen LogP contribution in [0.15, 0.2) is 12.1 Å². The first-order valence-corrected chi connectivity index (χ1v) is 7.56. The number of nitrogens with zero attached hydrogens (tertiary/aromatic N) is 1. The van der Waals surface area contributed by atoms with E-state index in [1.807, 2.05) is 10.6 Å². The van der Waals surface area contributed by atoms with Gasteiger partial charge in [0.05, 0.1) is 0 Å². The van der Waals surface area contributed by atoms with Crippen LogP contribution >= 0.6 is 0 Å². The Bertz CT molecular complexity index is 430. The lowest BCUT2D eigenvalue weighted by Gasteiger charge is -2.24. The first-order valence-electron chi connectivity index (χ1n) is 7.56. The Kier molecular flexibility index (Phi) is 4.67. The molecule has 1 heterocycles. The van der Waals surface area contributed by atoms with Crippen LogP contribution in [0.2, 0.25) is 0 Å². The van der Waals surface area contributed by atoms with E-state index in [9.17, 15) is 9.90 Å². The van der Waals surface area contributed by atoms with Gasteiger partial charge >= 0.3 is 5.97 Å². The first kappa shape index (κ1) is 14.2. The zero-order valence-corrected chi connectivity index (χ0v) is 12.1. The van der Waals surface area contributed by atoms with Crippen molar-refractivity contribution in [1.29, 1.82) is 0 Å². The number of aromatic nitrogens is 1. The Labute approximate surface area is 115 Å². The minimum Gasteiger partial charge on any atom is -0.477 e. The molecule has 1 saturated carbocycles. The highest BCUT2D eigenvalue weighted by molar-refractivity contribution is 5.86. The summed E-state index contributed by atoms with van der Waals surface area (Å²) in [6.07, 6.45) is 8.64. The van der Waals surface area contributed by atoms with Crippen molar-refractivity contribution in [2.45, 2.75) is 64.8 Å². The Morgan fingerprint density at radius 3 is 2.63 bits per heavy atom. The fourth-order valence-corrected chi connectivity index (χ4v) is 3.22. The molecule has 0 spiro atoms. The third kappa shape index (κ3) is 3.20. The lowest BCUT2D eigenvalue weighted by molar-refractivity contribution is 0.0682. The van der Waals surface area contributed by atoms with Crippen molar-refractivity contribution in [1.82, 2.24) is 4.57 Å². The molecule has 1 aliphatic carbocycles. The van der Waals surface area contributed by atoms with Crippen LogP contribution in [0.1, 0.15) is 74.6 Å². The van der Waals surface area contributed by atoms with Crippen LogP contribution < -0.4 is 0 Å². The second kappa shape index (κ2) is 6.27. The van der Waals surface area contributed by atoms with Crippen LogP contribution in [0, 0.1) is 5.92 Å². The lowest BCUT2D eigenvalue weighted by Crippen LogP contribution is -2.18. The fraction of sp³-hybridized carbons (Fsp3) is 0.688. The van der Waals surface area contributed by atoms with E-state index in [0.717, 1.165) is 18.8 Å². The summed E-state index contributed by atoms with van der Waals surface area (Å²) in [5.41, 5.74) is 1.65. The molecular weight excluding hydrogens is 238 g/mol. The summed E-state index contributed by atoms with van der Waals surface area (Å²) in [5, 5.41) is 9.31. The number of hydrogen-bond donors (Lipinski definition) is 1. The SMILES string of the molecule is CCC(C)n1c(CC2CCCCC2)ccc1C(=O)O. The Morgan fingerprint density at radius 2 is 2.05 bits per heavy atom. The molecule has 19 heavy (non-hydrogen) atoms. The van der Waals surface area contributed by atoms with Gasteiger partial charge in [-0.05, 0) is 37.8 Å². The molecule has 1 aromatic heterocycles. The number of carbonyl (C=O) groups is 1. The van der Waals surface area contributed by atoms with Crippen molar-refractivity contribution in [3.05, 3.63) is 23.5 Å². The van der Waals surface area contributed by atoms with Crippen LogP contribution in [0.25, 0.3) is 0 Å². The third-order valence-electron chi connectivity index (χ3n) is 4.48. The van der Waals surface area contributed by atoms with Gasteiger partial charge in [0, 0.05) is 11.7 Å². The maximum atomic E-state index is 11.3. The third-order valence-corrected chi connectivity index (χ3v) is 4.48. The summed E-state index contributed by atoms with van der Waals surface area (Å²) in [6.45, 7) is 4.22. The summed E-state index contributed by atoms with van der Waals surface area (Å²) >= 11 is 0. The molecule has 0 aromatic carbocycles. The van der Waals surface area contributed by atoms with Crippen molar-refractivity contribution in [2.24, 2.45) is 5.92 Å². The van der Waals surface area contributed by atoms with Crippen molar-refractivity contribution in [2.75, 3.05) is 0 Å². The number of hydrogen-bond acceptors (Lipinski definition) is 1. The normalized spacial score (nSPS) is 18.4. The molecule has 2 rings (SSSR count). The summed E-state index contributed by atoms with van der Waals surface area (Å²) in [4.78, 5) is 11.3. The van der Waals surface area contributed by atoms with E-state index < -0.39 is 5.97 Å². The molecule has 1 unspecified atom stereocenters. The summed E-state index contributed by atoms with van der Waals surface area (Å²) < 4.78 is 2.04. The van der Waals surface area contributed by atoms with Crippen molar-refractivity contribution < 1.29 is 9.90 Å². The van der Waals surface area contributed by atoms with E-state index >= 15 is 0 Å². The fourth-order valence-electron chi connectivity index (χ4n) is 3.22. The van der Waals surface area contributed by atoms with E-state index in [4.69, 9.17) is 0 Å². The van der Waals surface area contributed by atoms with Crippen LogP contribution in [0.3, 0.4) is 0 Å². The summed E-state index contributed by atoms with van der Waals surface area (Å²) in [6, 6.07) is 4.05. The van der Waals surface area contributed by atoms with Gasteiger partial charge in [-0.15, -0.1) is 0 Å². The second-order valence-electron chi connectivity index (χ2n) is 5.85. The van der Waals surface area contributed by atoms with Gasteiger partial charge in [-0.1, -0.05) is 39.0 Å². The Balaban J connectivity index is 2.21. The maximum absolute atomic E-state index is 11.3. The molecular formula is C16H25NO2. The molecule has 1 fully saturated rings. The predicted molar refractivity (Wildman–Crippen MR) is 76.7 cm³/mol. The molecule has 0 bridgehead atoms. The predicted octanol–water partition coefficient (Wildman–Crippen LogP) is 4.28. The average molecular weight is 263 g/mol. The highest BCUT2D eigenvalue weighted by Gasteiger charge is 2.21. The van der Waals surface area contributed by atoms with Crippen molar-refractivity contribution in [3.63, 3.8) is 0 Å². The Morgan fingerprint density at radius 1 is 1.37 bits per heavy atom. The van der Waals surface area contributed by atoms with Gasteiger partial charge in [-0.3, -0.25) is 0 Å². The lowest BCUT2D eigenvalue weighted by atomic mass is 9.86. The van der Waals surface area contributed by atoms with Crippen molar-refractivity contribution in [3.8, 4) is 0 Å². The first-order chi connectivity index (χ1) is 9.13. The van der Waals surface area contributed by atoms with Gasteiger partial charge in [-0.2, -0.15) is 0 Å². The van der Waals surface area contributed by atoms with E-state index in [1.54, 1.807) is 6.07 Å². The molecule has 3 heteroatoms. The van der Waals surface area contributed by atoms with Crippen LogP contribution in [0.5, 0.6) is 0 Å². The van der Waals surface area contributed by atoms with Crippen LogP contribution in [-0.2, 0) is 6.42 Å². The standard InChI is InChI=1S/C16H25NO2/c1-3-12(2)17-14(9-10-15(17)16(18)19)11-13-7-5-4-6-8-13/h9-10,12-13H,3-8,11H2,1-2H3,(H,18,19). The van der Waals surface area contributed by atoms with Crippen molar-refractivity contribution >= 4 is 5.97 Å². The van der Waals surface area contributed by atoms with Gasteiger partial charge in [-0.25, -0.2) is 4.79 Å². The highest BCUT2D eigenvalue weighted by atomic mass is 16.4. The zero-order valence-electron chi connectivity index (χ0n) is 12.1. The molecule has 0 saturated heterocycles. The minimum absolute atomic E-state index is 0.264. The molecule has 0 radical (unpaired) electrons. The molecule has 106 valence electrons. The maximum Gasteiger partial charge on any atom is 0.352 e. The quantitative estimate of drug-likeness (QED) is 0.861.